The number of likely N-dealkylation sites (tertiary alicyclic amines) is 1. The molecule has 1 saturated carbocycles. The van der Waals surface area contributed by atoms with Crippen LogP contribution in [0.3, 0.4) is 0 Å². The minimum absolute atomic E-state index is 0.0219. The number of aromatic amines is 1. The zero-order chi connectivity index (χ0) is 21.8. The van der Waals surface area contributed by atoms with E-state index in [0.29, 0.717) is 31.2 Å². The molecule has 0 radical (unpaired) electrons. The zero-order valence-electron chi connectivity index (χ0n) is 18.1. The van der Waals surface area contributed by atoms with E-state index < -0.39 is 0 Å². The van der Waals surface area contributed by atoms with Crippen LogP contribution < -0.4 is 21.1 Å². The fourth-order valence-electron chi connectivity index (χ4n) is 3.81. The second-order valence-corrected chi connectivity index (χ2v) is 8.24. The van der Waals surface area contributed by atoms with Crippen LogP contribution in [0.15, 0.2) is 47.5 Å². The van der Waals surface area contributed by atoms with Crippen molar-refractivity contribution in [1.82, 2.24) is 20.2 Å². The number of hydrogen-bond donors (Lipinski definition) is 3. The maximum absolute atomic E-state index is 12.8. The lowest BCUT2D eigenvalue weighted by Crippen LogP contribution is -2.62. The third-order valence-corrected chi connectivity index (χ3v) is 5.89. The van der Waals surface area contributed by atoms with Crippen molar-refractivity contribution in [3.05, 3.63) is 53.1 Å². The van der Waals surface area contributed by atoms with Gasteiger partial charge in [0.1, 0.15) is 5.69 Å². The Labute approximate surface area is 182 Å². The van der Waals surface area contributed by atoms with E-state index in [1.807, 2.05) is 43.3 Å². The number of anilines is 2. The van der Waals surface area contributed by atoms with Crippen LogP contribution in [0.2, 0.25) is 0 Å². The minimum Gasteiger partial charge on any atom is -0.388 e. The second-order valence-electron chi connectivity index (χ2n) is 8.24. The molecule has 2 aromatic rings. The smallest absolute Gasteiger partial charge is 0.271 e. The number of carbonyl (C=O) groups is 1. The van der Waals surface area contributed by atoms with Crippen LogP contribution in [-0.2, 0) is 4.79 Å². The van der Waals surface area contributed by atoms with Gasteiger partial charge in [0.05, 0.1) is 11.7 Å². The molecule has 164 valence electrons. The summed E-state index contributed by atoms with van der Waals surface area (Å²) in [6.07, 6.45) is 9.31. The molecule has 0 unspecified atom stereocenters. The number of amides is 1. The summed E-state index contributed by atoms with van der Waals surface area (Å²) in [5.74, 6) is 0.641. The Bertz CT molecular complexity index is 1010. The van der Waals surface area contributed by atoms with Gasteiger partial charge in [-0.05, 0) is 44.0 Å². The minimum atomic E-state index is -0.104. The predicted octanol–water partition coefficient (Wildman–Crippen LogP) is 1.68. The van der Waals surface area contributed by atoms with Crippen LogP contribution in [0.4, 0.5) is 11.4 Å². The van der Waals surface area contributed by atoms with Crippen LogP contribution in [0.25, 0.3) is 11.3 Å². The topological polar surface area (TPSA) is 93.4 Å². The summed E-state index contributed by atoms with van der Waals surface area (Å²) < 4.78 is 0. The molecule has 1 aliphatic heterocycles. The molecule has 1 saturated heterocycles. The number of rotatable bonds is 9. The molecule has 0 spiro atoms. The summed E-state index contributed by atoms with van der Waals surface area (Å²) in [7, 11) is 3.72. The van der Waals surface area contributed by atoms with Gasteiger partial charge < -0.3 is 25.4 Å². The Kier molecular flexibility index (Phi) is 6.36. The number of pyridine rings is 2. The Morgan fingerprint density at radius 2 is 2.13 bits per heavy atom. The highest BCUT2D eigenvalue weighted by Crippen LogP contribution is 2.34. The number of H-pyrrole nitrogens is 1. The highest BCUT2D eigenvalue weighted by molar-refractivity contribution is 5.88. The molecule has 0 bridgehead atoms. The predicted molar refractivity (Wildman–Crippen MR) is 123 cm³/mol. The summed E-state index contributed by atoms with van der Waals surface area (Å²) in [5.41, 5.74) is 3.19. The van der Waals surface area contributed by atoms with E-state index in [2.05, 4.69) is 25.5 Å². The zero-order valence-corrected chi connectivity index (χ0v) is 18.1. The van der Waals surface area contributed by atoms with Crippen molar-refractivity contribution in [3.63, 3.8) is 0 Å². The lowest BCUT2D eigenvalue weighted by molar-refractivity contribution is -0.130. The van der Waals surface area contributed by atoms with E-state index >= 15 is 0 Å². The van der Waals surface area contributed by atoms with Crippen LogP contribution >= 0.6 is 0 Å². The molecule has 2 fully saturated rings. The Balaban J connectivity index is 1.54. The summed E-state index contributed by atoms with van der Waals surface area (Å²) in [4.78, 5) is 36.5. The van der Waals surface area contributed by atoms with E-state index in [1.165, 1.54) is 12.8 Å². The van der Waals surface area contributed by atoms with Gasteiger partial charge in [0.15, 0.2) is 0 Å². The summed E-state index contributed by atoms with van der Waals surface area (Å²) in [5, 5.41) is 6.12. The molecule has 31 heavy (non-hydrogen) atoms. The lowest BCUT2D eigenvalue weighted by atomic mass is 10.0. The number of likely N-dealkylation sites (N-methyl/N-ethyl adjacent to an activating group) is 1. The molecular weight excluding hydrogens is 392 g/mol. The van der Waals surface area contributed by atoms with Crippen LogP contribution in [-0.4, -0.2) is 67.1 Å². The number of carbonyl (C=O) groups excluding carboxylic acids is 1. The molecule has 2 aliphatic rings. The second kappa shape index (κ2) is 9.34. The molecule has 3 heterocycles. The van der Waals surface area contributed by atoms with Gasteiger partial charge >= 0.3 is 0 Å². The molecule has 1 amide bonds. The molecule has 4 rings (SSSR count). The van der Waals surface area contributed by atoms with Gasteiger partial charge in [-0.1, -0.05) is 6.08 Å². The highest BCUT2D eigenvalue weighted by atomic mass is 16.2. The van der Waals surface area contributed by atoms with E-state index in [4.69, 9.17) is 0 Å². The van der Waals surface area contributed by atoms with Crippen molar-refractivity contribution in [2.24, 2.45) is 5.92 Å². The quantitative estimate of drug-likeness (QED) is 0.533. The van der Waals surface area contributed by atoms with Gasteiger partial charge in [-0.3, -0.25) is 14.6 Å². The van der Waals surface area contributed by atoms with Crippen LogP contribution in [0, 0.1) is 5.92 Å². The number of aromatic nitrogens is 2. The van der Waals surface area contributed by atoms with E-state index in [0.717, 1.165) is 23.5 Å². The van der Waals surface area contributed by atoms with Crippen LogP contribution in [0.5, 0.6) is 0 Å². The van der Waals surface area contributed by atoms with E-state index in [1.54, 1.807) is 18.5 Å². The van der Waals surface area contributed by atoms with Crippen molar-refractivity contribution in [1.29, 1.82) is 0 Å². The number of nitrogens with one attached hydrogen (secondary N) is 3. The molecule has 8 heteroatoms. The fraction of sp³-hybridized carbons (Fsp3) is 0.435. The van der Waals surface area contributed by atoms with Crippen molar-refractivity contribution in [2.75, 3.05) is 50.5 Å². The van der Waals surface area contributed by atoms with Crippen molar-refractivity contribution >= 4 is 17.3 Å². The maximum atomic E-state index is 12.8. The third-order valence-electron chi connectivity index (χ3n) is 5.89. The molecule has 0 atom stereocenters. The SMILES string of the molecule is CNC/C=C/C(=O)N1CC(N(CC2CC2)c2cc(-c3cc(NC)ccn3)c[nH]c2=O)C1. The summed E-state index contributed by atoms with van der Waals surface area (Å²) >= 11 is 0. The Morgan fingerprint density at radius 3 is 2.84 bits per heavy atom. The first-order valence-corrected chi connectivity index (χ1v) is 10.8. The molecule has 1 aliphatic carbocycles. The molecule has 0 aromatic carbocycles. The maximum Gasteiger partial charge on any atom is 0.271 e. The third kappa shape index (κ3) is 4.96. The van der Waals surface area contributed by atoms with E-state index in [-0.39, 0.29) is 17.5 Å². The van der Waals surface area contributed by atoms with Crippen LogP contribution in [0.1, 0.15) is 12.8 Å². The first-order chi connectivity index (χ1) is 15.1. The largest absolute Gasteiger partial charge is 0.388 e. The average molecular weight is 423 g/mol. The van der Waals surface area contributed by atoms with E-state index in [9.17, 15) is 9.59 Å². The Morgan fingerprint density at radius 1 is 1.32 bits per heavy atom. The molecule has 3 N–H and O–H groups in total. The fourth-order valence-corrected chi connectivity index (χ4v) is 3.81. The van der Waals surface area contributed by atoms with Gasteiger partial charge in [-0.15, -0.1) is 0 Å². The number of nitrogens with zero attached hydrogens (tertiary/aromatic N) is 3. The van der Waals surface area contributed by atoms with Gasteiger partial charge in [0.2, 0.25) is 5.91 Å². The molecular formula is C23H30N6O2. The first-order valence-electron chi connectivity index (χ1n) is 10.8. The van der Waals surface area contributed by atoms with Gasteiger partial charge in [0, 0.05) is 62.9 Å². The number of hydrogen-bond acceptors (Lipinski definition) is 6. The van der Waals surface area contributed by atoms with Gasteiger partial charge in [-0.25, -0.2) is 0 Å². The first kappa shape index (κ1) is 21.1. The monoisotopic (exact) mass is 422 g/mol. The standard InChI is InChI=1S/C23H30N6O2/c1-24-8-3-4-22(30)28-14-19(15-28)29(13-16-5-6-16)21-10-17(12-27-23(21)31)20-11-18(25-2)7-9-26-20/h3-4,7,9-12,16,19,24H,5-6,8,13-15H2,1-2H3,(H,25,26)(H,27,31)/b4-3+. The summed E-state index contributed by atoms with van der Waals surface area (Å²) in [6.45, 7) is 2.78. The van der Waals surface area contributed by atoms with Gasteiger partial charge in [0.25, 0.3) is 5.56 Å². The lowest BCUT2D eigenvalue weighted by Gasteiger charge is -2.46. The Hall–Kier alpha value is -3.13. The van der Waals surface area contributed by atoms with Crippen molar-refractivity contribution in [3.8, 4) is 11.3 Å². The molecule has 2 aromatic heterocycles. The van der Waals surface area contributed by atoms with Crippen molar-refractivity contribution in [2.45, 2.75) is 18.9 Å². The van der Waals surface area contributed by atoms with Crippen molar-refractivity contribution < 1.29 is 4.79 Å². The summed E-state index contributed by atoms with van der Waals surface area (Å²) in [6, 6.07) is 5.94. The average Bonchev–Trinajstić information content (AvgIpc) is 3.57. The van der Waals surface area contributed by atoms with Gasteiger partial charge in [-0.2, -0.15) is 0 Å². The normalized spacial score (nSPS) is 16.4. The molecule has 8 nitrogen and oxygen atoms in total. The highest BCUT2D eigenvalue weighted by Gasteiger charge is 2.37.